The Morgan fingerprint density at radius 1 is 1.07 bits per heavy atom. The van der Waals surface area contributed by atoms with Crippen molar-refractivity contribution in [2.24, 2.45) is 7.05 Å². The van der Waals surface area contributed by atoms with Crippen molar-refractivity contribution in [3.63, 3.8) is 0 Å². The second kappa shape index (κ2) is 9.09. The second-order valence-corrected chi connectivity index (χ2v) is 5.84. The Kier molecular flexibility index (Phi) is 6.32. The fourth-order valence-electron chi connectivity index (χ4n) is 2.60. The Labute approximate surface area is 167 Å². The summed E-state index contributed by atoms with van der Waals surface area (Å²) >= 11 is 0. The molecule has 1 aromatic carbocycles. The molecular weight excluding hydrogens is 378 g/mol. The first-order valence-electron chi connectivity index (χ1n) is 9.27. The number of nitrogens with zero attached hydrogens (tertiary/aromatic N) is 4. The van der Waals surface area contributed by atoms with Crippen LogP contribution in [0.3, 0.4) is 0 Å². The normalized spacial score (nSPS) is 10.6. The summed E-state index contributed by atoms with van der Waals surface area (Å²) in [5.74, 6) is 1.06. The Morgan fingerprint density at radius 3 is 2.28 bits per heavy atom. The van der Waals surface area contributed by atoms with E-state index in [0.29, 0.717) is 48.3 Å². The average Bonchev–Trinajstić information content (AvgIpc) is 3.33. The van der Waals surface area contributed by atoms with Gasteiger partial charge < -0.3 is 18.6 Å². The summed E-state index contributed by atoms with van der Waals surface area (Å²) in [6.07, 6.45) is 1.75. The number of benzene rings is 1. The molecule has 3 rings (SSSR count). The van der Waals surface area contributed by atoms with E-state index in [-0.39, 0.29) is 11.9 Å². The van der Waals surface area contributed by atoms with Gasteiger partial charge in [-0.2, -0.15) is 5.10 Å². The van der Waals surface area contributed by atoms with Gasteiger partial charge in [-0.25, -0.2) is 0 Å². The van der Waals surface area contributed by atoms with E-state index in [4.69, 9.17) is 18.6 Å². The topological polar surface area (TPSA) is 114 Å². The number of carbonyl (C=O) groups is 1. The van der Waals surface area contributed by atoms with Crippen molar-refractivity contribution in [2.75, 3.05) is 25.1 Å². The molecule has 2 aromatic heterocycles. The van der Waals surface area contributed by atoms with Gasteiger partial charge in [-0.3, -0.25) is 14.8 Å². The predicted octanol–water partition coefficient (Wildman–Crippen LogP) is 2.92. The van der Waals surface area contributed by atoms with Gasteiger partial charge in [0.15, 0.2) is 11.5 Å². The summed E-state index contributed by atoms with van der Waals surface area (Å²) in [7, 11) is 1.78. The summed E-state index contributed by atoms with van der Waals surface area (Å²) < 4.78 is 24.0. The van der Waals surface area contributed by atoms with Crippen molar-refractivity contribution < 1.29 is 23.4 Å². The molecule has 0 aliphatic rings. The van der Waals surface area contributed by atoms with E-state index in [1.165, 1.54) is 0 Å². The van der Waals surface area contributed by atoms with E-state index in [1.807, 2.05) is 20.8 Å². The fourth-order valence-corrected chi connectivity index (χ4v) is 2.60. The van der Waals surface area contributed by atoms with Crippen LogP contribution in [0, 0.1) is 0 Å². The van der Waals surface area contributed by atoms with Crippen molar-refractivity contribution in [1.29, 1.82) is 0 Å². The first-order valence-corrected chi connectivity index (χ1v) is 9.27. The van der Waals surface area contributed by atoms with Crippen LogP contribution >= 0.6 is 0 Å². The molecule has 0 spiro atoms. The monoisotopic (exact) mass is 401 g/mol. The van der Waals surface area contributed by atoms with Gasteiger partial charge >= 0.3 is 6.01 Å². The summed E-state index contributed by atoms with van der Waals surface area (Å²) in [6, 6.07) is 4.86. The first-order chi connectivity index (χ1) is 14.0. The summed E-state index contributed by atoms with van der Waals surface area (Å²) in [5, 5.41) is 14.5. The molecule has 0 fully saturated rings. The lowest BCUT2D eigenvalue weighted by Crippen LogP contribution is -2.13. The van der Waals surface area contributed by atoms with Crippen LogP contribution in [0.2, 0.25) is 0 Å². The molecule has 10 heteroatoms. The molecular formula is C19H23N5O5. The van der Waals surface area contributed by atoms with E-state index in [9.17, 15) is 4.79 Å². The van der Waals surface area contributed by atoms with Gasteiger partial charge in [0, 0.05) is 18.8 Å². The molecule has 10 nitrogen and oxygen atoms in total. The van der Waals surface area contributed by atoms with E-state index in [2.05, 4.69) is 20.6 Å². The molecule has 0 saturated heterocycles. The zero-order valence-electron chi connectivity index (χ0n) is 16.8. The lowest BCUT2D eigenvalue weighted by Gasteiger charge is -2.16. The van der Waals surface area contributed by atoms with E-state index in [1.54, 1.807) is 36.1 Å². The molecule has 154 valence electrons. The number of anilines is 1. The Bertz CT molecular complexity index is 954. The number of nitrogens with one attached hydrogen (secondary N) is 1. The largest absolute Gasteiger partial charge is 0.490 e. The van der Waals surface area contributed by atoms with Gasteiger partial charge in [0.2, 0.25) is 5.75 Å². The van der Waals surface area contributed by atoms with Gasteiger partial charge in [-0.05, 0) is 39.0 Å². The first kappa shape index (κ1) is 20.2. The number of amides is 1. The highest BCUT2D eigenvalue weighted by atomic mass is 16.5. The van der Waals surface area contributed by atoms with E-state index in [0.717, 1.165) is 0 Å². The van der Waals surface area contributed by atoms with Gasteiger partial charge in [-0.15, -0.1) is 5.10 Å². The second-order valence-electron chi connectivity index (χ2n) is 5.84. The predicted molar refractivity (Wildman–Crippen MR) is 104 cm³/mol. The highest BCUT2D eigenvalue weighted by Gasteiger charge is 2.20. The molecule has 0 aliphatic carbocycles. The van der Waals surface area contributed by atoms with Gasteiger partial charge in [0.25, 0.3) is 11.8 Å². The number of aromatic nitrogens is 4. The van der Waals surface area contributed by atoms with E-state index < -0.39 is 5.91 Å². The molecule has 2 heterocycles. The quantitative estimate of drug-likeness (QED) is 0.582. The van der Waals surface area contributed by atoms with Crippen LogP contribution in [0.5, 0.6) is 17.2 Å². The van der Waals surface area contributed by atoms with Crippen LogP contribution in [0.1, 0.15) is 31.1 Å². The van der Waals surface area contributed by atoms with Gasteiger partial charge in [-0.1, -0.05) is 5.10 Å². The molecule has 0 bridgehead atoms. The summed E-state index contributed by atoms with van der Waals surface area (Å²) in [5.41, 5.74) is 0.816. The Hall–Kier alpha value is -3.56. The highest BCUT2D eigenvalue weighted by molar-refractivity contribution is 6.04. The fraction of sp³-hybridized carbons (Fsp3) is 0.368. The molecule has 0 radical (unpaired) electrons. The number of ether oxygens (including phenoxy) is 3. The zero-order chi connectivity index (χ0) is 20.8. The lowest BCUT2D eigenvalue weighted by molar-refractivity contribution is 0.102. The van der Waals surface area contributed by atoms with Crippen LogP contribution in [-0.2, 0) is 7.05 Å². The van der Waals surface area contributed by atoms with E-state index >= 15 is 0 Å². The third-order valence-electron chi connectivity index (χ3n) is 3.75. The minimum Gasteiger partial charge on any atom is -0.490 e. The molecule has 1 N–H and O–H groups in total. The van der Waals surface area contributed by atoms with Crippen LogP contribution in [0.15, 0.2) is 28.8 Å². The van der Waals surface area contributed by atoms with Crippen molar-refractivity contribution in [3.8, 4) is 28.8 Å². The van der Waals surface area contributed by atoms with Crippen LogP contribution in [0.4, 0.5) is 6.01 Å². The highest BCUT2D eigenvalue weighted by Crippen LogP contribution is 2.39. The molecule has 29 heavy (non-hydrogen) atoms. The molecule has 0 saturated carbocycles. The number of rotatable bonds is 9. The smallest absolute Gasteiger partial charge is 0.322 e. The van der Waals surface area contributed by atoms with Crippen molar-refractivity contribution in [1.82, 2.24) is 20.0 Å². The lowest BCUT2D eigenvalue weighted by atomic mass is 10.1. The molecule has 0 unspecified atom stereocenters. The molecule has 0 atom stereocenters. The van der Waals surface area contributed by atoms with Crippen molar-refractivity contribution in [2.45, 2.75) is 20.8 Å². The van der Waals surface area contributed by atoms with Crippen LogP contribution in [0.25, 0.3) is 11.6 Å². The maximum atomic E-state index is 12.7. The number of aryl methyl sites for hydroxylation is 1. The summed E-state index contributed by atoms with van der Waals surface area (Å²) in [4.78, 5) is 12.7. The Balaban J connectivity index is 1.85. The van der Waals surface area contributed by atoms with Gasteiger partial charge in [0.1, 0.15) is 5.69 Å². The number of carbonyl (C=O) groups excluding carboxylic acids is 1. The standard InChI is InChI=1S/C19H23N5O5/c1-5-26-14-10-12(11-15(27-6-2)16(14)28-7-3)17(25)20-19-22-21-18(29-19)13-8-9-24(4)23-13/h8-11H,5-7H2,1-4H3,(H,20,22,25). The molecule has 3 aromatic rings. The summed E-state index contributed by atoms with van der Waals surface area (Å²) in [6.45, 7) is 6.81. The Morgan fingerprint density at radius 2 is 1.72 bits per heavy atom. The number of hydrogen-bond acceptors (Lipinski definition) is 8. The number of hydrogen-bond donors (Lipinski definition) is 1. The minimum atomic E-state index is -0.453. The van der Waals surface area contributed by atoms with Gasteiger partial charge in [0.05, 0.1) is 19.8 Å². The maximum Gasteiger partial charge on any atom is 0.322 e. The maximum absolute atomic E-state index is 12.7. The third-order valence-corrected chi connectivity index (χ3v) is 3.75. The zero-order valence-corrected chi connectivity index (χ0v) is 16.8. The van der Waals surface area contributed by atoms with Crippen molar-refractivity contribution >= 4 is 11.9 Å². The van der Waals surface area contributed by atoms with Crippen LogP contribution < -0.4 is 19.5 Å². The minimum absolute atomic E-state index is 0.0412. The third kappa shape index (κ3) is 4.65. The van der Waals surface area contributed by atoms with Crippen LogP contribution in [-0.4, -0.2) is 45.7 Å². The molecule has 0 aliphatic heterocycles. The molecule has 1 amide bonds. The van der Waals surface area contributed by atoms with Crippen molar-refractivity contribution in [3.05, 3.63) is 30.0 Å². The average molecular weight is 401 g/mol. The SMILES string of the molecule is CCOc1cc(C(=O)Nc2nnc(-c3ccn(C)n3)o2)cc(OCC)c1OCC.